The van der Waals surface area contributed by atoms with Crippen molar-refractivity contribution in [1.82, 2.24) is 10.2 Å². The first-order chi connectivity index (χ1) is 7.13. The summed E-state index contributed by atoms with van der Waals surface area (Å²) in [7, 11) is 0. The average Bonchev–Trinajstić information content (AvgIpc) is 2.62. The zero-order valence-electron chi connectivity index (χ0n) is 9.82. The summed E-state index contributed by atoms with van der Waals surface area (Å²) in [6.45, 7) is 9.83. The summed E-state index contributed by atoms with van der Waals surface area (Å²) in [5.74, 6) is 1.84. The smallest absolute Gasteiger partial charge is 0.200 e. The van der Waals surface area contributed by atoms with Crippen molar-refractivity contribution in [3.8, 4) is 0 Å². The number of nitrogens with zero attached hydrogens (tertiary/aromatic N) is 3. The Morgan fingerprint density at radius 1 is 1.67 bits per heavy atom. The molecule has 0 aromatic carbocycles. The van der Waals surface area contributed by atoms with E-state index in [0.29, 0.717) is 11.9 Å². The van der Waals surface area contributed by atoms with Gasteiger partial charge >= 0.3 is 0 Å². The van der Waals surface area contributed by atoms with E-state index in [9.17, 15) is 0 Å². The molecular weight excluding hydrogens is 190 g/mol. The quantitative estimate of drug-likeness (QED) is 0.519. The van der Waals surface area contributed by atoms with Gasteiger partial charge < -0.3 is 10.6 Å². The molecule has 0 saturated heterocycles. The third-order valence-electron chi connectivity index (χ3n) is 2.18. The molecule has 1 heterocycles. The third-order valence-corrected chi connectivity index (χ3v) is 2.18. The number of nitrogens with two attached hydrogens (primary N) is 1. The van der Waals surface area contributed by atoms with E-state index in [1.807, 2.05) is 0 Å². The molecule has 0 radical (unpaired) electrons. The highest BCUT2D eigenvalue weighted by molar-refractivity contribution is 5.98. The molecule has 0 amide bonds. The Morgan fingerprint density at radius 2 is 2.40 bits per heavy atom. The maximum absolute atomic E-state index is 5.75. The van der Waals surface area contributed by atoms with E-state index < -0.39 is 0 Å². The van der Waals surface area contributed by atoms with Crippen LogP contribution in [0.3, 0.4) is 0 Å². The molecule has 0 aromatic heterocycles. The van der Waals surface area contributed by atoms with Gasteiger partial charge in [-0.1, -0.05) is 13.8 Å². The predicted molar refractivity (Wildman–Crippen MR) is 64.0 cm³/mol. The Morgan fingerprint density at radius 3 is 3.00 bits per heavy atom. The van der Waals surface area contributed by atoms with Crippen molar-refractivity contribution in [1.29, 1.82) is 0 Å². The summed E-state index contributed by atoms with van der Waals surface area (Å²) in [6, 6.07) is 0. The van der Waals surface area contributed by atoms with E-state index in [4.69, 9.17) is 5.73 Å². The molecule has 0 saturated carbocycles. The molecule has 5 nitrogen and oxygen atoms in total. The van der Waals surface area contributed by atoms with E-state index in [0.717, 1.165) is 32.1 Å². The van der Waals surface area contributed by atoms with Crippen molar-refractivity contribution < 1.29 is 0 Å². The second-order valence-corrected chi connectivity index (χ2v) is 4.03. The second-order valence-electron chi connectivity index (χ2n) is 4.03. The lowest BCUT2D eigenvalue weighted by Crippen LogP contribution is -2.44. The van der Waals surface area contributed by atoms with Gasteiger partial charge in [0.15, 0.2) is 5.96 Å². The lowest BCUT2D eigenvalue weighted by Gasteiger charge is -2.18. The summed E-state index contributed by atoms with van der Waals surface area (Å²) in [5.41, 5.74) is 5.75. The lowest BCUT2D eigenvalue weighted by atomic mass is 10.2. The first-order valence-corrected chi connectivity index (χ1v) is 5.49. The van der Waals surface area contributed by atoms with E-state index in [2.05, 4.69) is 41.0 Å². The second kappa shape index (κ2) is 5.58. The van der Waals surface area contributed by atoms with Crippen LogP contribution in [-0.2, 0) is 0 Å². The van der Waals surface area contributed by atoms with Crippen LogP contribution in [0.2, 0.25) is 0 Å². The maximum Gasteiger partial charge on any atom is 0.200 e. The van der Waals surface area contributed by atoms with Gasteiger partial charge in [-0.15, -0.1) is 0 Å². The van der Waals surface area contributed by atoms with Crippen molar-refractivity contribution >= 4 is 11.9 Å². The zero-order chi connectivity index (χ0) is 11.3. The normalized spacial score (nSPS) is 17.2. The minimum absolute atomic E-state index is 0.461. The first kappa shape index (κ1) is 11.8. The number of guanidine groups is 2. The maximum atomic E-state index is 5.75. The fraction of sp³-hybridized carbons (Fsp3) is 0.800. The number of rotatable bonds is 3. The Balaban J connectivity index is 2.43. The molecule has 0 spiro atoms. The summed E-state index contributed by atoms with van der Waals surface area (Å²) in [4.78, 5) is 10.7. The number of aliphatic imine (C=N–C) groups is 2. The monoisotopic (exact) mass is 211 g/mol. The van der Waals surface area contributed by atoms with Gasteiger partial charge in [0.05, 0.1) is 6.54 Å². The van der Waals surface area contributed by atoms with Crippen LogP contribution in [-0.4, -0.2) is 43.0 Å². The van der Waals surface area contributed by atoms with Crippen LogP contribution in [0.25, 0.3) is 0 Å². The van der Waals surface area contributed by atoms with Crippen molar-refractivity contribution in [2.24, 2.45) is 21.6 Å². The number of hydrogen-bond acceptors (Lipinski definition) is 3. The molecule has 1 aliphatic rings. The fourth-order valence-electron chi connectivity index (χ4n) is 1.34. The molecule has 5 heteroatoms. The Kier molecular flexibility index (Phi) is 4.39. The van der Waals surface area contributed by atoms with Crippen LogP contribution in [0, 0.1) is 5.92 Å². The van der Waals surface area contributed by atoms with Gasteiger partial charge in [0, 0.05) is 19.6 Å². The van der Waals surface area contributed by atoms with Crippen LogP contribution < -0.4 is 11.1 Å². The van der Waals surface area contributed by atoms with Crippen LogP contribution in [0.5, 0.6) is 0 Å². The van der Waals surface area contributed by atoms with Crippen LogP contribution in [0.1, 0.15) is 20.8 Å². The van der Waals surface area contributed by atoms with Crippen LogP contribution >= 0.6 is 0 Å². The zero-order valence-corrected chi connectivity index (χ0v) is 9.82. The number of likely N-dealkylation sites (N-methyl/N-ethyl adjacent to an activating group) is 1. The van der Waals surface area contributed by atoms with Gasteiger partial charge in [0.2, 0.25) is 5.96 Å². The molecule has 15 heavy (non-hydrogen) atoms. The number of hydrogen-bond donors (Lipinski definition) is 2. The highest BCUT2D eigenvalue weighted by atomic mass is 15.4. The van der Waals surface area contributed by atoms with E-state index in [1.54, 1.807) is 0 Å². The molecule has 0 unspecified atom stereocenters. The van der Waals surface area contributed by atoms with Crippen LogP contribution in [0.4, 0.5) is 0 Å². The molecule has 0 aliphatic carbocycles. The molecule has 0 fully saturated rings. The Hall–Kier alpha value is -1.26. The molecule has 86 valence electrons. The molecule has 1 rings (SSSR count). The van der Waals surface area contributed by atoms with Gasteiger partial charge in [-0.25, -0.2) is 0 Å². The average molecular weight is 211 g/mol. The Labute approximate surface area is 91.5 Å². The van der Waals surface area contributed by atoms with Gasteiger partial charge in [-0.05, 0) is 12.8 Å². The largest absolute Gasteiger partial charge is 0.370 e. The van der Waals surface area contributed by atoms with Gasteiger partial charge in [-0.3, -0.25) is 15.3 Å². The first-order valence-electron chi connectivity index (χ1n) is 5.49. The highest BCUT2D eigenvalue weighted by Crippen LogP contribution is 1.98. The minimum Gasteiger partial charge on any atom is -0.370 e. The van der Waals surface area contributed by atoms with Gasteiger partial charge in [0.1, 0.15) is 0 Å². The highest BCUT2D eigenvalue weighted by Gasteiger charge is 2.14. The van der Waals surface area contributed by atoms with E-state index in [-0.39, 0.29) is 0 Å². The molecule has 0 aromatic rings. The standard InChI is InChI=1S/C10H21N5/c1-4-15-6-5-12-10(15)14-9(11)13-7-8(2)3/h8H,4-7H2,1-3H3,(H3,11,12,13,14). The van der Waals surface area contributed by atoms with E-state index >= 15 is 0 Å². The van der Waals surface area contributed by atoms with Crippen molar-refractivity contribution in [2.75, 3.05) is 26.2 Å². The SMILES string of the molecule is CCN1CCN=C1NC(N)=NCC(C)C. The van der Waals surface area contributed by atoms with Gasteiger partial charge in [0.25, 0.3) is 0 Å². The van der Waals surface area contributed by atoms with E-state index in [1.165, 1.54) is 0 Å². The Bertz CT molecular complexity index is 257. The predicted octanol–water partition coefficient (Wildman–Crippen LogP) is 0.238. The van der Waals surface area contributed by atoms with Crippen LogP contribution in [0.15, 0.2) is 9.98 Å². The van der Waals surface area contributed by atoms with Gasteiger partial charge in [-0.2, -0.15) is 0 Å². The molecule has 1 aliphatic heterocycles. The summed E-state index contributed by atoms with van der Waals surface area (Å²) in [6.07, 6.45) is 0. The van der Waals surface area contributed by atoms with Crippen molar-refractivity contribution in [3.05, 3.63) is 0 Å². The van der Waals surface area contributed by atoms with Crippen molar-refractivity contribution in [3.63, 3.8) is 0 Å². The van der Waals surface area contributed by atoms with Crippen molar-refractivity contribution in [2.45, 2.75) is 20.8 Å². The third kappa shape index (κ3) is 3.77. The number of nitrogens with one attached hydrogen (secondary N) is 1. The lowest BCUT2D eigenvalue weighted by molar-refractivity contribution is 0.474. The molecule has 0 bridgehead atoms. The molecular formula is C10H21N5. The molecule has 0 atom stereocenters. The fourth-order valence-corrected chi connectivity index (χ4v) is 1.34. The summed E-state index contributed by atoms with van der Waals surface area (Å²) >= 11 is 0. The topological polar surface area (TPSA) is 66.0 Å². The summed E-state index contributed by atoms with van der Waals surface area (Å²) < 4.78 is 0. The molecule has 3 N–H and O–H groups in total. The minimum atomic E-state index is 0.461. The summed E-state index contributed by atoms with van der Waals surface area (Å²) in [5, 5.41) is 3.04.